The number of aliphatic hydroxyl groups excluding tert-OH is 1. The van der Waals surface area contributed by atoms with E-state index in [2.05, 4.69) is 12.2 Å². The maximum Gasteiger partial charge on any atom is 0.129 e. The Morgan fingerprint density at radius 1 is 1.26 bits per heavy atom. The Balaban J connectivity index is 1.82. The van der Waals surface area contributed by atoms with E-state index >= 15 is 0 Å². The highest BCUT2D eigenvalue weighted by atomic mass is 19.1. The van der Waals surface area contributed by atoms with Crippen LogP contribution in [0.3, 0.4) is 0 Å². The second-order valence-corrected chi connectivity index (χ2v) is 5.63. The van der Waals surface area contributed by atoms with Crippen molar-refractivity contribution in [2.75, 3.05) is 6.54 Å². The van der Waals surface area contributed by atoms with Gasteiger partial charge in [-0.3, -0.25) is 0 Å². The van der Waals surface area contributed by atoms with Crippen LogP contribution >= 0.6 is 0 Å². The molecule has 0 amide bonds. The molecule has 2 rings (SSSR count). The van der Waals surface area contributed by atoms with Gasteiger partial charge in [0.2, 0.25) is 0 Å². The van der Waals surface area contributed by atoms with E-state index < -0.39 is 6.10 Å². The SMILES string of the molecule is C[C@H](NCC(O)c1ccccc1F)C1CCCCC1. The molecule has 19 heavy (non-hydrogen) atoms. The molecule has 0 spiro atoms. The summed E-state index contributed by atoms with van der Waals surface area (Å²) in [5, 5.41) is 13.4. The highest BCUT2D eigenvalue weighted by molar-refractivity contribution is 5.20. The Labute approximate surface area is 115 Å². The highest BCUT2D eigenvalue weighted by Crippen LogP contribution is 2.26. The Morgan fingerprint density at radius 2 is 1.95 bits per heavy atom. The molecule has 1 aromatic rings. The lowest BCUT2D eigenvalue weighted by atomic mass is 9.84. The van der Waals surface area contributed by atoms with E-state index in [4.69, 9.17) is 0 Å². The molecule has 0 heterocycles. The van der Waals surface area contributed by atoms with Gasteiger partial charge in [0.05, 0.1) is 6.10 Å². The maximum absolute atomic E-state index is 13.5. The average molecular weight is 265 g/mol. The number of halogens is 1. The number of rotatable bonds is 5. The van der Waals surface area contributed by atoms with E-state index in [0.29, 0.717) is 24.1 Å². The van der Waals surface area contributed by atoms with Crippen LogP contribution in [0.15, 0.2) is 24.3 Å². The van der Waals surface area contributed by atoms with Gasteiger partial charge in [-0.15, -0.1) is 0 Å². The third-order valence-corrected chi connectivity index (χ3v) is 4.25. The van der Waals surface area contributed by atoms with Gasteiger partial charge in [-0.25, -0.2) is 4.39 Å². The van der Waals surface area contributed by atoms with Gasteiger partial charge >= 0.3 is 0 Å². The molecular formula is C16H24FNO. The summed E-state index contributed by atoms with van der Waals surface area (Å²) in [6.07, 6.45) is 5.74. The first kappa shape index (κ1) is 14.5. The molecule has 0 aromatic heterocycles. The van der Waals surface area contributed by atoms with E-state index in [1.165, 1.54) is 38.2 Å². The third-order valence-electron chi connectivity index (χ3n) is 4.25. The lowest BCUT2D eigenvalue weighted by Gasteiger charge is -2.29. The van der Waals surface area contributed by atoms with Gasteiger partial charge in [0, 0.05) is 18.2 Å². The molecule has 3 heteroatoms. The summed E-state index contributed by atoms with van der Waals surface area (Å²) < 4.78 is 13.5. The lowest BCUT2D eigenvalue weighted by Crippen LogP contribution is -2.37. The minimum atomic E-state index is -0.771. The minimum absolute atomic E-state index is 0.331. The van der Waals surface area contributed by atoms with Crippen molar-refractivity contribution in [2.45, 2.75) is 51.2 Å². The minimum Gasteiger partial charge on any atom is -0.387 e. The number of nitrogens with one attached hydrogen (secondary N) is 1. The lowest BCUT2D eigenvalue weighted by molar-refractivity contribution is 0.157. The van der Waals surface area contributed by atoms with Crippen molar-refractivity contribution >= 4 is 0 Å². The van der Waals surface area contributed by atoms with E-state index in [1.54, 1.807) is 18.2 Å². The van der Waals surface area contributed by atoms with Crippen molar-refractivity contribution < 1.29 is 9.50 Å². The second-order valence-electron chi connectivity index (χ2n) is 5.63. The van der Waals surface area contributed by atoms with Crippen LogP contribution in [0.4, 0.5) is 4.39 Å². The summed E-state index contributed by atoms with van der Waals surface area (Å²) in [5.74, 6) is 0.365. The van der Waals surface area contributed by atoms with E-state index in [0.717, 1.165) is 0 Å². The monoisotopic (exact) mass is 265 g/mol. The van der Waals surface area contributed by atoms with Gasteiger partial charge in [-0.2, -0.15) is 0 Å². The standard InChI is InChI=1S/C16H24FNO/c1-12(13-7-3-2-4-8-13)18-11-16(19)14-9-5-6-10-15(14)17/h5-6,9-10,12-13,16,18-19H,2-4,7-8,11H2,1H3/t12-,16?/m0/s1. The molecule has 0 bridgehead atoms. The molecule has 2 atom stereocenters. The molecule has 1 aliphatic carbocycles. The van der Waals surface area contributed by atoms with Gasteiger partial charge in [-0.1, -0.05) is 37.5 Å². The third kappa shape index (κ3) is 4.02. The van der Waals surface area contributed by atoms with Crippen LogP contribution in [0.5, 0.6) is 0 Å². The van der Waals surface area contributed by atoms with Gasteiger partial charge in [-0.05, 0) is 31.7 Å². The van der Waals surface area contributed by atoms with Crippen molar-refractivity contribution in [3.63, 3.8) is 0 Å². The Bertz CT molecular complexity index is 390. The molecule has 1 unspecified atom stereocenters. The first-order chi connectivity index (χ1) is 9.18. The molecule has 1 aliphatic rings. The van der Waals surface area contributed by atoms with Crippen LogP contribution in [0.25, 0.3) is 0 Å². The number of benzene rings is 1. The summed E-state index contributed by atoms with van der Waals surface area (Å²) in [6, 6.07) is 6.83. The number of hydrogen-bond donors (Lipinski definition) is 2. The van der Waals surface area contributed by atoms with Crippen LogP contribution in [-0.2, 0) is 0 Å². The van der Waals surface area contributed by atoms with Crippen LogP contribution in [0, 0.1) is 11.7 Å². The van der Waals surface area contributed by atoms with E-state index in [9.17, 15) is 9.50 Å². The van der Waals surface area contributed by atoms with Crippen molar-refractivity contribution in [2.24, 2.45) is 5.92 Å². The van der Waals surface area contributed by atoms with Crippen LogP contribution in [-0.4, -0.2) is 17.7 Å². The van der Waals surface area contributed by atoms with Gasteiger partial charge < -0.3 is 10.4 Å². The highest BCUT2D eigenvalue weighted by Gasteiger charge is 2.21. The van der Waals surface area contributed by atoms with Gasteiger partial charge in [0.25, 0.3) is 0 Å². The molecule has 0 radical (unpaired) electrons. The maximum atomic E-state index is 13.5. The molecule has 1 fully saturated rings. The van der Waals surface area contributed by atoms with E-state index in [-0.39, 0.29) is 5.82 Å². The molecular weight excluding hydrogens is 241 g/mol. The Hall–Kier alpha value is -0.930. The summed E-state index contributed by atoms with van der Waals surface area (Å²) >= 11 is 0. The van der Waals surface area contributed by atoms with Crippen LogP contribution in [0.1, 0.15) is 50.7 Å². The van der Waals surface area contributed by atoms with Crippen molar-refractivity contribution in [1.29, 1.82) is 0 Å². The van der Waals surface area contributed by atoms with Crippen LogP contribution < -0.4 is 5.32 Å². The van der Waals surface area contributed by atoms with E-state index in [1.807, 2.05) is 0 Å². The summed E-state index contributed by atoms with van der Waals surface area (Å²) in [5.41, 5.74) is 0.380. The van der Waals surface area contributed by atoms with Crippen LogP contribution in [0.2, 0.25) is 0 Å². The first-order valence-electron chi connectivity index (χ1n) is 7.34. The smallest absolute Gasteiger partial charge is 0.129 e. The van der Waals surface area contributed by atoms with Gasteiger partial charge in [0.1, 0.15) is 5.82 Å². The van der Waals surface area contributed by atoms with Crippen molar-refractivity contribution in [1.82, 2.24) is 5.32 Å². The zero-order valence-corrected chi connectivity index (χ0v) is 11.6. The number of hydrogen-bond acceptors (Lipinski definition) is 2. The molecule has 1 aromatic carbocycles. The predicted octanol–water partition coefficient (Wildman–Crippen LogP) is 3.42. The summed E-state index contributed by atoms with van der Waals surface area (Å²) in [4.78, 5) is 0. The molecule has 2 N–H and O–H groups in total. The van der Waals surface area contributed by atoms with Gasteiger partial charge in [0.15, 0.2) is 0 Å². The molecule has 1 saturated carbocycles. The molecule has 2 nitrogen and oxygen atoms in total. The fourth-order valence-corrected chi connectivity index (χ4v) is 2.95. The topological polar surface area (TPSA) is 32.3 Å². The summed E-state index contributed by atoms with van der Waals surface area (Å²) in [6.45, 7) is 2.59. The molecule has 0 saturated heterocycles. The quantitative estimate of drug-likeness (QED) is 0.855. The summed E-state index contributed by atoms with van der Waals surface area (Å²) in [7, 11) is 0. The fourth-order valence-electron chi connectivity index (χ4n) is 2.95. The first-order valence-corrected chi connectivity index (χ1v) is 7.34. The second kappa shape index (κ2) is 7.01. The van der Waals surface area contributed by atoms with Crippen molar-refractivity contribution in [3.05, 3.63) is 35.6 Å². The molecule has 0 aliphatic heterocycles. The Kier molecular flexibility index (Phi) is 5.34. The molecule has 106 valence electrons. The number of aliphatic hydroxyl groups is 1. The van der Waals surface area contributed by atoms with Crippen molar-refractivity contribution in [3.8, 4) is 0 Å². The normalized spacial score (nSPS) is 20.2. The Morgan fingerprint density at radius 3 is 2.63 bits per heavy atom. The zero-order chi connectivity index (χ0) is 13.7. The zero-order valence-electron chi connectivity index (χ0n) is 11.6. The average Bonchev–Trinajstić information content (AvgIpc) is 2.46. The largest absolute Gasteiger partial charge is 0.387 e. The predicted molar refractivity (Wildman–Crippen MR) is 75.4 cm³/mol. The fraction of sp³-hybridized carbons (Fsp3) is 0.625.